The number of nitrogens with zero attached hydrogens (tertiary/aromatic N) is 3. The van der Waals surface area contributed by atoms with Crippen LogP contribution in [0.2, 0.25) is 0 Å². The van der Waals surface area contributed by atoms with Gasteiger partial charge in [0.25, 0.3) is 5.91 Å². The molecular weight excluding hydrogens is 324 g/mol. The summed E-state index contributed by atoms with van der Waals surface area (Å²) in [7, 11) is 1.81. The Kier molecular flexibility index (Phi) is 5.27. The number of hydrogen-bond acceptors (Lipinski definition) is 4. The Balaban J connectivity index is 1.74. The van der Waals surface area contributed by atoms with E-state index >= 15 is 0 Å². The van der Waals surface area contributed by atoms with Crippen LogP contribution in [-0.2, 0) is 6.54 Å². The van der Waals surface area contributed by atoms with Crippen molar-refractivity contribution in [1.29, 1.82) is 0 Å². The molecule has 0 bridgehead atoms. The highest BCUT2D eigenvalue weighted by Crippen LogP contribution is 2.17. The van der Waals surface area contributed by atoms with E-state index < -0.39 is 0 Å². The van der Waals surface area contributed by atoms with Crippen molar-refractivity contribution >= 4 is 17.5 Å². The van der Waals surface area contributed by atoms with Gasteiger partial charge < -0.3 is 10.2 Å². The molecule has 26 heavy (non-hydrogen) atoms. The van der Waals surface area contributed by atoms with Crippen LogP contribution in [0.1, 0.15) is 27.3 Å². The molecule has 3 aromatic rings. The molecule has 1 amide bonds. The zero-order chi connectivity index (χ0) is 18.5. The van der Waals surface area contributed by atoms with E-state index in [1.54, 1.807) is 4.90 Å². The maximum atomic E-state index is 12.7. The number of aromatic nitrogens is 2. The zero-order valence-corrected chi connectivity index (χ0v) is 15.2. The largest absolute Gasteiger partial charge is 0.337 e. The van der Waals surface area contributed by atoms with Crippen LogP contribution in [0.15, 0.2) is 60.7 Å². The summed E-state index contributed by atoms with van der Waals surface area (Å²) in [5.41, 5.74) is 4.30. The van der Waals surface area contributed by atoms with Gasteiger partial charge in [-0.2, -0.15) is 0 Å². The van der Waals surface area contributed by atoms with Gasteiger partial charge in [-0.25, -0.2) is 9.97 Å². The van der Waals surface area contributed by atoms with Gasteiger partial charge in [-0.1, -0.05) is 36.4 Å². The maximum Gasteiger partial charge on any atom is 0.253 e. The standard InChI is InChI=1S/C21H22N4O/c1-15-12-16(2)23-21(22-15)24-19-11-7-10-18(13-19)20(26)25(3)14-17-8-5-4-6-9-17/h4-13H,14H2,1-3H3,(H,22,23,24). The minimum absolute atomic E-state index is 0.0288. The van der Waals surface area contributed by atoms with Crippen molar-refractivity contribution in [3.05, 3.63) is 83.2 Å². The lowest BCUT2D eigenvalue weighted by Gasteiger charge is -2.18. The van der Waals surface area contributed by atoms with Crippen LogP contribution in [0.25, 0.3) is 0 Å². The van der Waals surface area contributed by atoms with Crippen LogP contribution in [0.5, 0.6) is 0 Å². The van der Waals surface area contributed by atoms with Gasteiger partial charge in [-0.05, 0) is 43.7 Å². The van der Waals surface area contributed by atoms with Gasteiger partial charge in [0.05, 0.1) is 0 Å². The number of nitrogens with one attached hydrogen (secondary N) is 1. The predicted octanol–water partition coefficient (Wildman–Crippen LogP) is 4.11. The predicted molar refractivity (Wildman–Crippen MR) is 103 cm³/mol. The molecule has 0 spiro atoms. The van der Waals surface area contributed by atoms with Gasteiger partial charge in [0.15, 0.2) is 0 Å². The van der Waals surface area contributed by atoms with E-state index in [2.05, 4.69) is 15.3 Å². The van der Waals surface area contributed by atoms with E-state index in [0.29, 0.717) is 18.1 Å². The van der Waals surface area contributed by atoms with E-state index in [1.807, 2.05) is 81.6 Å². The minimum Gasteiger partial charge on any atom is -0.337 e. The smallest absolute Gasteiger partial charge is 0.253 e. The van der Waals surface area contributed by atoms with Crippen molar-refractivity contribution in [3.63, 3.8) is 0 Å². The molecule has 0 aliphatic rings. The molecule has 0 atom stereocenters. The van der Waals surface area contributed by atoms with Crippen LogP contribution in [0.3, 0.4) is 0 Å². The van der Waals surface area contributed by atoms with Crippen molar-refractivity contribution in [2.75, 3.05) is 12.4 Å². The summed E-state index contributed by atoms with van der Waals surface area (Å²) < 4.78 is 0. The van der Waals surface area contributed by atoms with Crippen LogP contribution in [-0.4, -0.2) is 27.8 Å². The third-order valence-corrected chi connectivity index (χ3v) is 3.96. The van der Waals surface area contributed by atoms with Gasteiger partial charge in [0.2, 0.25) is 5.95 Å². The minimum atomic E-state index is -0.0288. The number of aryl methyl sites for hydroxylation is 2. The zero-order valence-electron chi connectivity index (χ0n) is 15.2. The van der Waals surface area contributed by atoms with E-state index in [4.69, 9.17) is 0 Å². The summed E-state index contributed by atoms with van der Waals surface area (Å²) in [4.78, 5) is 23.2. The maximum absolute atomic E-state index is 12.7. The van der Waals surface area contributed by atoms with Crippen molar-refractivity contribution in [3.8, 4) is 0 Å². The molecule has 1 N–H and O–H groups in total. The van der Waals surface area contributed by atoms with Gasteiger partial charge >= 0.3 is 0 Å². The Labute approximate surface area is 153 Å². The third-order valence-electron chi connectivity index (χ3n) is 3.96. The molecule has 132 valence electrons. The molecule has 0 unspecified atom stereocenters. The number of hydrogen-bond donors (Lipinski definition) is 1. The number of amides is 1. The molecule has 0 saturated heterocycles. The van der Waals surface area contributed by atoms with Crippen LogP contribution < -0.4 is 5.32 Å². The molecule has 2 aromatic carbocycles. The van der Waals surface area contributed by atoms with Gasteiger partial charge in [0, 0.05) is 36.2 Å². The summed E-state index contributed by atoms with van der Waals surface area (Å²) in [5, 5.41) is 3.18. The second-order valence-electron chi connectivity index (χ2n) is 6.33. The van der Waals surface area contributed by atoms with E-state index in [9.17, 15) is 4.79 Å². The monoisotopic (exact) mass is 346 g/mol. The molecule has 1 heterocycles. The molecular formula is C21H22N4O. The Morgan fingerprint density at radius 2 is 1.65 bits per heavy atom. The lowest BCUT2D eigenvalue weighted by molar-refractivity contribution is 0.0785. The molecule has 0 saturated carbocycles. The number of carbonyl (C=O) groups is 1. The molecule has 5 heteroatoms. The van der Waals surface area contributed by atoms with Crippen molar-refractivity contribution in [2.45, 2.75) is 20.4 Å². The fraction of sp³-hybridized carbons (Fsp3) is 0.190. The highest BCUT2D eigenvalue weighted by molar-refractivity contribution is 5.95. The molecule has 0 aliphatic carbocycles. The lowest BCUT2D eigenvalue weighted by atomic mass is 10.1. The molecule has 0 aliphatic heterocycles. The van der Waals surface area contributed by atoms with Crippen molar-refractivity contribution in [2.24, 2.45) is 0 Å². The van der Waals surface area contributed by atoms with Gasteiger partial charge in [-0.15, -0.1) is 0 Å². The molecule has 5 nitrogen and oxygen atoms in total. The summed E-state index contributed by atoms with van der Waals surface area (Å²) in [6.45, 7) is 4.42. The molecule has 0 fully saturated rings. The number of carbonyl (C=O) groups excluding carboxylic acids is 1. The number of anilines is 2. The van der Waals surface area contributed by atoms with Gasteiger partial charge in [0.1, 0.15) is 0 Å². The molecule has 1 aromatic heterocycles. The van der Waals surface area contributed by atoms with Crippen LogP contribution >= 0.6 is 0 Å². The Morgan fingerprint density at radius 1 is 0.962 bits per heavy atom. The highest BCUT2D eigenvalue weighted by Gasteiger charge is 2.13. The first kappa shape index (κ1) is 17.6. The van der Waals surface area contributed by atoms with E-state index in [-0.39, 0.29) is 5.91 Å². The summed E-state index contributed by atoms with van der Waals surface area (Å²) >= 11 is 0. The van der Waals surface area contributed by atoms with E-state index in [0.717, 1.165) is 22.6 Å². The van der Waals surface area contributed by atoms with Crippen molar-refractivity contribution in [1.82, 2.24) is 14.9 Å². The third kappa shape index (κ3) is 4.45. The first-order valence-corrected chi connectivity index (χ1v) is 8.50. The van der Waals surface area contributed by atoms with Crippen molar-refractivity contribution < 1.29 is 4.79 Å². The number of rotatable bonds is 5. The average Bonchev–Trinajstić information content (AvgIpc) is 2.61. The first-order chi connectivity index (χ1) is 12.5. The van der Waals surface area contributed by atoms with Crippen LogP contribution in [0.4, 0.5) is 11.6 Å². The lowest BCUT2D eigenvalue weighted by Crippen LogP contribution is -2.26. The van der Waals surface area contributed by atoms with E-state index in [1.165, 1.54) is 0 Å². The Morgan fingerprint density at radius 3 is 2.35 bits per heavy atom. The summed E-state index contributed by atoms with van der Waals surface area (Å²) in [6.07, 6.45) is 0. The fourth-order valence-corrected chi connectivity index (χ4v) is 2.79. The molecule has 3 rings (SSSR count). The topological polar surface area (TPSA) is 58.1 Å². The highest BCUT2D eigenvalue weighted by atomic mass is 16.2. The summed E-state index contributed by atoms with van der Waals surface area (Å²) in [5.74, 6) is 0.503. The SMILES string of the molecule is Cc1cc(C)nc(Nc2cccc(C(=O)N(C)Cc3ccccc3)c2)n1. The Hall–Kier alpha value is -3.21. The normalized spacial score (nSPS) is 10.4. The second kappa shape index (κ2) is 7.78. The summed E-state index contributed by atoms with van der Waals surface area (Å²) in [6, 6.07) is 19.3. The second-order valence-corrected chi connectivity index (χ2v) is 6.33. The Bertz CT molecular complexity index is 889. The fourth-order valence-electron chi connectivity index (χ4n) is 2.79. The van der Waals surface area contributed by atoms with Gasteiger partial charge in [-0.3, -0.25) is 4.79 Å². The first-order valence-electron chi connectivity index (χ1n) is 8.50. The quantitative estimate of drug-likeness (QED) is 0.755. The molecule has 0 radical (unpaired) electrons. The number of benzene rings is 2. The average molecular weight is 346 g/mol. The van der Waals surface area contributed by atoms with Crippen LogP contribution in [0, 0.1) is 13.8 Å².